The summed E-state index contributed by atoms with van der Waals surface area (Å²) < 4.78 is 11.2. The van der Waals surface area contributed by atoms with E-state index >= 15 is 0 Å². The van der Waals surface area contributed by atoms with Crippen molar-refractivity contribution in [2.24, 2.45) is 5.92 Å². The molecule has 1 aromatic carbocycles. The van der Waals surface area contributed by atoms with Crippen LogP contribution >= 0.6 is 0 Å². The summed E-state index contributed by atoms with van der Waals surface area (Å²) in [6.07, 6.45) is 1.88. The second kappa shape index (κ2) is 7.55. The van der Waals surface area contributed by atoms with Crippen molar-refractivity contribution >= 4 is 16.9 Å². The first-order chi connectivity index (χ1) is 13.8. The molecule has 7 nitrogen and oxygen atoms in total. The van der Waals surface area contributed by atoms with Gasteiger partial charge in [0.25, 0.3) is 0 Å². The minimum absolute atomic E-state index is 0.0433. The molecule has 2 bridgehead atoms. The van der Waals surface area contributed by atoms with Gasteiger partial charge in [-0.15, -0.1) is 0 Å². The summed E-state index contributed by atoms with van der Waals surface area (Å²) >= 11 is 0. The third-order valence-corrected chi connectivity index (χ3v) is 6.58. The van der Waals surface area contributed by atoms with E-state index in [2.05, 4.69) is 9.88 Å². The number of benzene rings is 1. The van der Waals surface area contributed by atoms with Crippen molar-refractivity contribution in [1.29, 1.82) is 0 Å². The predicted molar refractivity (Wildman–Crippen MR) is 108 cm³/mol. The number of carbonyl (C=O) groups excluding carboxylic acids is 1. The standard InChI is InChI=1S/C22H28N2O5/c1-13(25)22(27)12-24-9-7-15(22)10-20(24)21(29-14(2)26)17-6-8-23-19-5-4-16(28-3)11-18(17)19/h4-6,8,11,13,15,20-21,25,27H,7,9-10,12H2,1-3H3. The minimum Gasteiger partial charge on any atom is -0.497 e. The maximum Gasteiger partial charge on any atom is 0.303 e. The number of pyridine rings is 1. The molecule has 6 atom stereocenters. The van der Waals surface area contributed by atoms with Crippen LogP contribution in [0, 0.1) is 5.92 Å². The van der Waals surface area contributed by atoms with Crippen molar-refractivity contribution < 1.29 is 24.5 Å². The molecule has 2 aromatic rings. The third-order valence-electron chi connectivity index (χ3n) is 6.58. The monoisotopic (exact) mass is 400 g/mol. The Hall–Kier alpha value is -2.22. The molecule has 3 saturated heterocycles. The fraction of sp³-hybridized carbons (Fsp3) is 0.545. The van der Waals surface area contributed by atoms with Crippen molar-refractivity contribution in [2.45, 2.75) is 50.5 Å². The van der Waals surface area contributed by atoms with Gasteiger partial charge in [0.1, 0.15) is 17.5 Å². The first-order valence-corrected chi connectivity index (χ1v) is 10.1. The Bertz CT molecular complexity index is 917. The van der Waals surface area contributed by atoms with Crippen LogP contribution in [-0.2, 0) is 9.53 Å². The van der Waals surface area contributed by atoms with Crippen LogP contribution in [0.3, 0.4) is 0 Å². The van der Waals surface area contributed by atoms with Crippen LogP contribution in [0.1, 0.15) is 38.4 Å². The molecule has 0 spiro atoms. The quantitative estimate of drug-likeness (QED) is 0.742. The van der Waals surface area contributed by atoms with E-state index in [1.807, 2.05) is 24.3 Å². The number of aliphatic hydroxyl groups is 2. The van der Waals surface area contributed by atoms with Gasteiger partial charge in [0.15, 0.2) is 0 Å². The van der Waals surface area contributed by atoms with Gasteiger partial charge in [-0.3, -0.25) is 14.7 Å². The highest BCUT2D eigenvalue weighted by Gasteiger charge is 2.54. The zero-order valence-corrected chi connectivity index (χ0v) is 17.0. The van der Waals surface area contributed by atoms with E-state index in [0.717, 1.165) is 29.4 Å². The topological polar surface area (TPSA) is 92.1 Å². The van der Waals surface area contributed by atoms with Crippen molar-refractivity contribution in [3.63, 3.8) is 0 Å². The molecule has 2 N–H and O–H groups in total. The molecule has 156 valence electrons. The molecule has 5 rings (SSSR count). The number of ether oxygens (including phenoxy) is 2. The summed E-state index contributed by atoms with van der Waals surface area (Å²) in [5.74, 6) is 0.316. The second-order valence-electron chi connectivity index (χ2n) is 8.24. The van der Waals surface area contributed by atoms with Crippen molar-refractivity contribution in [3.8, 4) is 5.75 Å². The number of aliphatic hydroxyl groups excluding tert-OH is 1. The molecule has 0 radical (unpaired) electrons. The van der Waals surface area contributed by atoms with Gasteiger partial charge < -0.3 is 19.7 Å². The molecular weight excluding hydrogens is 372 g/mol. The molecule has 3 aliphatic heterocycles. The summed E-state index contributed by atoms with van der Waals surface area (Å²) in [5, 5.41) is 22.0. The molecule has 0 aliphatic carbocycles. The highest BCUT2D eigenvalue weighted by molar-refractivity contribution is 5.84. The van der Waals surface area contributed by atoms with Gasteiger partial charge in [0.05, 0.1) is 24.8 Å². The molecule has 4 heterocycles. The van der Waals surface area contributed by atoms with Crippen molar-refractivity contribution in [2.75, 3.05) is 20.2 Å². The van der Waals surface area contributed by atoms with Gasteiger partial charge in [0.2, 0.25) is 0 Å². The van der Waals surface area contributed by atoms with E-state index in [-0.39, 0.29) is 17.9 Å². The van der Waals surface area contributed by atoms with E-state index in [9.17, 15) is 15.0 Å². The lowest BCUT2D eigenvalue weighted by atomic mass is 9.68. The summed E-state index contributed by atoms with van der Waals surface area (Å²) in [6.45, 7) is 4.22. The van der Waals surface area contributed by atoms with Crippen LogP contribution in [0.2, 0.25) is 0 Å². The van der Waals surface area contributed by atoms with E-state index in [4.69, 9.17) is 9.47 Å². The van der Waals surface area contributed by atoms with Crippen LogP contribution in [0.5, 0.6) is 5.75 Å². The fourth-order valence-electron chi connectivity index (χ4n) is 4.99. The highest BCUT2D eigenvalue weighted by atomic mass is 16.5. The number of hydrogen-bond acceptors (Lipinski definition) is 7. The Labute approximate surface area is 170 Å². The number of carbonyl (C=O) groups is 1. The summed E-state index contributed by atoms with van der Waals surface area (Å²) in [7, 11) is 1.61. The molecule has 29 heavy (non-hydrogen) atoms. The predicted octanol–water partition coefficient (Wildman–Crippen LogP) is 2.05. The zero-order valence-electron chi connectivity index (χ0n) is 17.0. The average Bonchev–Trinajstić information content (AvgIpc) is 2.71. The van der Waals surface area contributed by atoms with Gasteiger partial charge >= 0.3 is 5.97 Å². The Balaban J connectivity index is 1.76. The minimum atomic E-state index is -1.13. The fourth-order valence-corrected chi connectivity index (χ4v) is 4.99. The van der Waals surface area contributed by atoms with Gasteiger partial charge in [0, 0.05) is 30.6 Å². The number of methoxy groups -OCH3 is 1. The van der Waals surface area contributed by atoms with Crippen LogP contribution in [0.15, 0.2) is 30.5 Å². The smallest absolute Gasteiger partial charge is 0.303 e. The maximum absolute atomic E-state index is 12.0. The molecule has 0 amide bonds. The number of nitrogens with zero attached hydrogens (tertiary/aromatic N) is 2. The number of rotatable bonds is 5. The summed E-state index contributed by atoms with van der Waals surface area (Å²) in [6, 6.07) is 7.47. The molecule has 6 unspecified atom stereocenters. The van der Waals surface area contributed by atoms with Crippen molar-refractivity contribution in [1.82, 2.24) is 9.88 Å². The van der Waals surface area contributed by atoms with Gasteiger partial charge in [-0.05, 0) is 56.5 Å². The summed E-state index contributed by atoms with van der Waals surface area (Å²) in [4.78, 5) is 18.6. The van der Waals surface area contributed by atoms with Gasteiger partial charge in [-0.2, -0.15) is 0 Å². The molecule has 1 aromatic heterocycles. The van der Waals surface area contributed by atoms with E-state index in [1.165, 1.54) is 6.92 Å². The third kappa shape index (κ3) is 3.47. The maximum atomic E-state index is 12.0. The average molecular weight is 400 g/mol. The second-order valence-corrected chi connectivity index (χ2v) is 8.24. The number of fused-ring (bicyclic) bond motifs is 4. The zero-order chi connectivity index (χ0) is 20.8. The van der Waals surface area contributed by atoms with E-state index < -0.39 is 17.8 Å². The number of piperidine rings is 3. The SMILES string of the molecule is COc1ccc2nccc(C(OC(C)=O)C3CC4CCN3CC4(O)C(C)O)c2c1. The first kappa shape index (κ1) is 20.1. The first-order valence-electron chi connectivity index (χ1n) is 10.1. The van der Waals surface area contributed by atoms with Gasteiger partial charge in [-0.25, -0.2) is 0 Å². The lowest BCUT2D eigenvalue weighted by Crippen LogP contribution is -2.67. The Morgan fingerprint density at radius 3 is 2.79 bits per heavy atom. The Kier molecular flexibility index (Phi) is 5.23. The van der Waals surface area contributed by atoms with E-state index in [1.54, 1.807) is 20.2 Å². The Morgan fingerprint density at radius 2 is 2.17 bits per heavy atom. The lowest BCUT2D eigenvalue weighted by molar-refractivity contribution is -0.199. The number of aromatic nitrogens is 1. The van der Waals surface area contributed by atoms with Crippen LogP contribution in [0.25, 0.3) is 10.9 Å². The summed E-state index contributed by atoms with van der Waals surface area (Å²) in [5.41, 5.74) is 0.554. The Morgan fingerprint density at radius 1 is 1.38 bits per heavy atom. The van der Waals surface area contributed by atoms with Crippen LogP contribution < -0.4 is 4.74 Å². The van der Waals surface area contributed by atoms with E-state index in [0.29, 0.717) is 18.7 Å². The molecular formula is C22H28N2O5. The van der Waals surface area contributed by atoms with Crippen LogP contribution in [0.4, 0.5) is 0 Å². The lowest BCUT2D eigenvalue weighted by Gasteiger charge is -2.56. The normalized spacial score (nSPS) is 30.7. The molecule has 0 saturated carbocycles. The molecule has 3 aliphatic rings. The highest BCUT2D eigenvalue weighted by Crippen LogP contribution is 2.46. The largest absolute Gasteiger partial charge is 0.497 e. The molecule has 7 heteroatoms. The van der Waals surface area contributed by atoms with Gasteiger partial charge in [-0.1, -0.05) is 0 Å². The van der Waals surface area contributed by atoms with Crippen molar-refractivity contribution in [3.05, 3.63) is 36.0 Å². The van der Waals surface area contributed by atoms with Crippen LogP contribution in [-0.4, -0.2) is 64.0 Å². The number of hydrogen-bond donors (Lipinski definition) is 2. The number of esters is 1. The molecule has 3 fully saturated rings.